The molecule has 1 saturated heterocycles. The van der Waals surface area contributed by atoms with Gasteiger partial charge in [-0.15, -0.1) is 0 Å². The van der Waals surface area contributed by atoms with Gasteiger partial charge < -0.3 is 15.0 Å². The fraction of sp³-hybridized carbons (Fsp3) is 0.625. The predicted octanol–water partition coefficient (Wildman–Crippen LogP) is 1.04. The second-order valence-electron chi connectivity index (χ2n) is 7.01. The van der Waals surface area contributed by atoms with Gasteiger partial charge in [-0.3, -0.25) is 9.59 Å². The van der Waals surface area contributed by atoms with Gasteiger partial charge in [0.1, 0.15) is 10.6 Å². The standard InChI is InChI=1S/C16H25N3O5S/c1-16(2,15(21)22)11-17-14(20)13-9-12(10-18(13)3)25(23,24)19-7-5-4-6-8-19/h9-10H,4-8,11H2,1-3H3,(H,17,20)(H,21,22). The van der Waals surface area contributed by atoms with Crippen LogP contribution in [0.5, 0.6) is 0 Å². The van der Waals surface area contributed by atoms with Crippen molar-refractivity contribution in [3.8, 4) is 0 Å². The summed E-state index contributed by atoms with van der Waals surface area (Å²) in [5.41, 5.74) is -0.930. The lowest BCUT2D eigenvalue weighted by Crippen LogP contribution is -2.39. The van der Waals surface area contributed by atoms with Crippen LogP contribution in [0.4, 0.5) is 0 Å². The Balaban J connectivity index is 2.16. The van der Waals surface area contributed by atoms with Crippen LogP contribution in [0.15, 0.2) is 17.2 Å². The minimum Gasteiger partial charge on any atom is -0.481 e. The first-order valence-corrected chi connectivity index (χ1v) is 9.68. The molecule has 1 aliphatic rings. The number of nitrogens with one attached hydrogen (secondary N) is 1. The highest BCUT2D eigenvalue weighted by atomic mass is 32.2. The van der Waals surface area contributed by atoms with Crippen molar-refractivity contribution in [3.63, 3.8) is 0 Å². The van der Waals surface area contributed by atoms with Crippen molar-refractivity contribution < 1.29 is 23.1 Å². The fourth-order valence-electron chi connectivity index (χ4n) is 2.62. The van der Waals surface area contributed by atoms with Gasteiger partial charge >= 0.3 is 5.97 Å². The summed E-state index contributed by atoms with van der Waals surface area (Å²) in [5, 5.41) is 11.6. The number of aryl methyl sites for hydroxylation is 1. The normalized spacial score (nSPS) is 16.6. The molecule has 1 aromatic rings. The summed E-state index contributed by atoms with van der Waals surface area (Å²) in [6.07, 6.45) is 4.11. The van der Waals surface area contributed by atoms with Gasteiger partial charge in [-0.2, -0.15) is 4.31 Å². The molecule has 2 heterocycles. The van der Waals surface area contributed by atoms with Crippen molar-refractivity contribution in [1.82, 2.24) is 14.2 Å². The minimum absolute atomic E-state index is 0.0550. The Hall–Kier alpha value is -1.87. The molecular formula is C16H25N3O5S. The number of aromatic nitrogens is 1. The van der Waals surface area contributed by atoms with Crippen molar-refractivity contribution in [1.29, 1.82) is 0 Å². The highest BCUT2D eigenvalue weighted by Crippen LogP contribution is 2.22. The molecule has 1 aliphatic heterocycles. The number of piperidine rings is 1. The zero-order chi connectivity index (χ0) is 18.8. The van der Waals surface area contributed by atoms with E-state index in [2.05, 4.69) is 5.32 Å². The number of nitrogens with zero attached hydrogens (tertiary/aromatic N) is 2. The van der Waals surface area contributed by atoms with Crippen LogP contribution in [0, 0.1) is 5.41 Å². The maximum Gasteiger partial charge on any atom is 0.310 e. The number of sulfonamides is 1. The van der Waals surface area contributed by atoms with E-state index >= 15 is 0 Å². The van der Waals surface area contributed by atoms with Crippen LogP contribution >= 0.6 is 0 Å². The quantitative estimate of drug-likeness (QED) is 0.777. The van der Waals surface area contributed by atoms with Gasteiger partial charge in [0, 0.05) is 32.9 Å². The van der Waals surface area contributed by atoms with Crippen LogP contribution in [-0.4, -0.2) is 53.9 Å². The molecule has 25 heavy (non-hydrogen) atoms. The van der Waals surface area contributed by atoms with E-state index < -0.39 is 27.3 Å². The molecule has 1 amide bonds. The zero-order valence-electron chi connectivity index (χ0n) is 14.8. The van der Waals surface area contributed by atoms with E-state index in [-0.39, 0.29) is 17.1 Å². The molecular weight excluding hydrogens is 346 g/mol. The van der Waals surface area contributed by atoms with Crippen LogP contribution in [0.1, 0.15) is 43.6 Å². The molecule has 0 atom stereocenters. The molecule has 1 fully saturated rings. The largest absolute Gasteiger partial charge is 0.481 e. The lowest BCUT2D eigenvalue weighted by Gasteiger charge is -2.25. The number of hydrogen-bond donors (Lipinski definition) is 2. The van der Waals surface area contributed by atoms with E-state index in [1.54, 1.807) is 7.05 Å². The Morgan fingerprint density at radius 3 is 2.40 bits per heavy atom. The molecule has 0 spiro atoms. The summed E-state index contributed by atoms with van der Waals surface area (Å²) >= 11 is 0. The molecule has 1 aromatic heterocycles. The van der Waals surface area contributed by atoms with Crippen LogP contribution < -0.4 is 5.32 Å². The first-order chi connectivity index (χ1) is 11.6. The molecule has 2 rings (SSSR count). The number of carboxylic acids is 1. The summed E-state index contributed by atoms with van der Waals surface area (Å²) in [4.78, 5) is 23.5. The molecule has 8 nitrogen and oxygen atoms in total. The molecule has 0 aromatic carbocycles. The van der Waals surface area contributed by atoms with Gasteiger partial charge in [-0.1, -0.05) is 6.42 Å². The van der Waals surface area contributed by atoms with Gasteiger partial charge in [0.2, 0.25) is 10.0 Å². The van der Waals surface area contributed by atoms with Crippen molar-refractivity contribution in [2.24, 2.45) is 12.5 Å². The summed E-state index contributed by atoms with van der Waals surface area (Å²) in [7, 11) is -2.03. The number of rotatable bonds is 6. The predicted molar refractivity (Wildman–Crippen MR) is 91.8 cm³/mol. The number of amides is 1. The Morgan fingerprint density at radius 1 is 1.24 bits per heavy atom. The minimum atomic E-state index is -3.62. The van der Waals surface area contributed by atoms with E-state index in [9.17, 15) is 18.0 Å². The zero-order valence-corrected chi connectivity index (χ0v) is 15.6. The van der Waals surface area contributed by atoms with Gasteiger partial charge in [0.05, 0.1) is 5.41 Å². The van der Waals surface area contributed by atoms with Gasteiger partial charge in [0.25, 0.3) is 5.91 Å². The summed E-state index contributed by atoms with van der Waals surface area (Å²) in [6.45, 7) is 3.94. The third kappa shape index (κ3) is 4.21. The molecule has 2 N–H and O–H groups in total. The van der Waals surface area contributed by atoms with Crippen molar-refractivity contribution >= 4 is 21.9 Å². The number of carbonyl (C=O) groups is 2. The highest BCUT2D eigenvalue weighted by Gasteiger charge is 2.30. The molecule has 0 unspecified atom stereocenters. The molecule has 0 aliphatic carbocycles. The maximum atomic E-state index is 12.7. The lowest BCUT2D eigenvalue weighted by atomic mass is 9.94. The summed E-state index contributed by atoms with van der Waals surface area (Å²) in [5.74, 6) is -1.52. The van der Waals surface area contributed by atoms with Gasteiger partial charge in [-0.05, 0) is 32.8 Å². The average molecular weight is 371 g/mol. The van der Waals surface area contributed by atoms with Crippen LogP contribution in [0.2, 0.25) is 0 Å². The van der Waals surface area contributed by atoms with E-state index in [0.29, 0.717) is 13.1 Å². The fourth-order valence-corrected chi connectivity index (χ4v) is 4.21. The van der Waals surface area contributed by atoms with Crippen molar-refractivity contribution in [3.05, 3.63) is 18.0 Å². The van der Waals surface area contributed by atoms with Crippen molar-refractivity contribution in [2.45, 2.75) is 38.0 Å². The van der Waals surface area contributed by atoms with Gasteiger partial charge in [-0.25, -0.2) is 8.42 Å². The smallest absolute Gasteiger partial charge is 0.310 e. The van der Waals surface area contributed by atoms with Gasteiger partial charge in [0.15, 0.2) is 0 Å². The third-order valence-electron chi connectivity index (χ3n) is 4.44. The SMILES string of the molecule is Cn1cc(S(=O)(=O)N2CCCCC2)cc1C(=O)NCC(C)(C)C(=O)O. The molecule has 0 radical (unpaired) electrons. The third-order valence-corrected chi connectivity index (χ3v) is 6.30. The molecule has 0 saturated carbocycles. The van der Waals surface area contributed by atoms with E-state index in [4.69, 9.17) is 5.11 Å². The summed E-state index contributed by atoms with van der Waals surface area (Å²) in [6, 6.07) is 1.34. The second kappa shape index (κ2) is 7.17. The monoisotopic (exact) mass is 371 g/mol. The average Bonchev–Trinajstić information content (AvgIpc) is 2.96. The Labute approximate surface area is 147 Å². The second-order valence-corrected chi connectivity index (χ2v) is 8.95. The molecule has 9 heteroatoms. The topological polar surface area (TPSA) is 109 Å². The first kappa shape index (κ1) is 19.5. The summed E-state index contributed by atoms with van der Waals surface area (Å²) < 4.78 is 28.3. The van der Waals surface area contributed by atoms with E-state index in [0.717, 1.165) is 19.3 Å². The van der Waals surface area contributed by atoms with Crippen LogP contribution in [0.3, 0.4) is 0 Å². The number of aliphatic carboxylic acids is 1. The molecule has 140 valence electrons. The highest BCUT2D eigenvalue weighted by molar-refractivity contribution is 7.89. The maximum absolute atomic E-state index is 12.7. The number of carboxylic acid groups (broad SMARTS) is 1. The van der Waals surface area contributed by atoms with Crippen molar-refractivity contribution in [2.75, 3.05) is 19.6 Å². The Bertz CT molecular complexity index is 761. The number of hydrogen-bond acceptors (Lipinski definition) is 4. The molecule has 0 bridgehead atoms. The van der Waals surface area contributed by atoms with E-state index in [1.807, 2.05) is 0 Å². The lowest BCUT2D eigenvalue weighted by molar-refractivity contribution is -0.146. The Kier molecular flexibility index (Phi) is 5.58. The number of carbonyl (C=O) groups excluding carboxylic acids is 1. The van der Waals surface area contributed by atoms with Crippen LogP contribution in [0.25, 0.3) is 0 Å². The first-order valence-electron chi connectivity index (χ1n) is 8.24. The van der Waals surface area contributed by atoms with E-state index in [1.165, 1.54) is 35.0 Å². The van der Waals surface area contributed by atoms with Crippen LogP contribution in [-0.2, 0) is 21.9 Å². The Morgan fingerprint density at radius 2 is 1.84 bits per heavy atom.